The number of carbonyl (C=O) groups is 1. The summed E-state index contributed by atoms with van der Waals surface area (Å²) in [6.07, 6.45) is 3.41. The van der Waals surface area contributed by atoms with Crippen LogP contribution in [0.15, 0.2) is 0 Å². The van der Waals surface area contributed by atoms with Gasteiger partial charge >= 0.3 is 0 Å². The van der Waals surface area contributed by atoms with E-state index in [1.807, 2.05) is 20.8 Å². The maximum atomic E-state index is 12.5. The molecule has 2 atom stereocenters. The summed E-state index contributed by atoms with van der Waals surface area (Å²) in [5.41, 5.74) is 0. The van der Waals surface area contributed by atoms with Gasteiger partial charge in [0.15, 0.2) is 4.08 Å². The maximum absolute atomic E-state index is 12.5. The molecule has 2 N–H and O–H groups in total. The van der Waals surface area contributed by atoms with Gasteiger partial charge < -0.3 is 5.32 Å². The third-order valence-corrected chi connectivity index (χ3v) is 8.98. The Morgan fingerprint density at radius 3 is 2.33 bits per heavy atom. The molecule has 21 heavy (non-hydrogen) atoms. The summed E-state index contributed by atoms with van der Waals surface area (Å²) in [4.78, 5) is 12.5. The molecule has 0 aromatic rings. The second kappa shape index (κ2) is 6.81. The first-order valence-electron chi connectivity index (χ1n) is 7.47. The molecule has 1 aliphatic heterocycles. The van der Waals surface area contributed by atoms with Crippen LogP contribution in [0.25, 0.3) is 0 Å². The van der Waals surface area contributed by atoms with Crippen LogP contribution in [-0.2, 0) is 15.8 Å². The SMILES string of the molecule is CNC(=O)C1([C@H](CC2CC2)NS(=O)C(C)(C)C)SCCS1. The molecule has 1 saturated heterocycles. The standard InChI is InChI=1S/C14H26N2O2S3/c1-13(2,3)21(18)16-11(9-10-5-6-10)14(12(17)15-4)19-7-8-20-14/h10-11,16H,5-9H2,1-4H3,(H,15,17)/t11-,21?/m0/s1. The minimum atomic E-state index is -1.15. The van der Waals surface area contributed by atoms with Crippen LogP contribution in [0.3, 0.4) is 0 Å². The molecule has 0 bridgehead atoms. The Kier molecular flexibility index (Phi) is 5.71. The molecule has 1 unspecified atom stereocenters. The van der Waals surface area contributed by atoms with E-state index in [0.717, 1.165) is 17.9 Å². The summed E-state index contributed by atoms with van der Waals surface area (Å²) in [6.45, 7) is 5.89. The van der Waals surface area contributed by atoms with Crippen LogP contribution in [0.5, 0.6) is 0 Å². The third-order valence-electron chi connectivity index (χ3n) is 3.79. The summed E-state index contributed by atoms with van der Waals surface area (Å²) < 4.78 is 15.0. The van der Waals surface area contributed by atoms with Crippen LogP contribution in [0, 0.1) is 5.92 Å². The zero-order chi connectivity index (χ0) is 15.7. The zero-order valence-corrected chi connectivity index (χ0v) is 15.7. The van der Waals surface area contributed by atoms with Crippen molar-refractivity contribution in [2.45, 2.75) is 54.9 Å². The van der Waals surface area contributed by atoms with Crippen molar-refractivity contribution in [3.05, 3.63) is 0 Å². The van der Waals surface area contributed by atoms with Crippen molar-refractivity contribution in [1.82, 2.24) is 10.0 Å². The Balaban J connectivity index is 2.20. The molecule has 0 aromatic heterocycles. The normalized spacial score (nSPS) is 24.6. The third kappa shape index (κ3) is 4.18. The van der Waals surface area contributed by atoms with Gasteiger partial charge in [0, 0.05) is 18.6 Å². The van der Waals surface area contributed by atoms with E-state index < -0.39 is 15.1 Å². The summed E-state index contributed by atoms with van der Waals surface area (Å²) in [5.74, 6) is 2.69. The average molecular weight is 351 g/mol. The minimum Gasteiger partial charge on any atom is -0.357 e. The van der Waals surface area contributed by atoms with Gasteiger partial charge in [-0.3, -0.25) is 4.79 Å². The summed E-state index contributed by atoms with van der Waals surface area (Å²) in [7, 11) is 0.540. The molecule has 2 aliphatic rings. The Bertz CT molecular complexity index is 413. The zero-order valence-electron chi connectivity index (χ0n) is 13.2. The van der Waals surface area contributed by atoms with Crippen LogP contribution < -0.4 is 10.0 Å². The summed E-state index contributed by atoms with van der Waals surface area (Å²) in [5, 5.41) is 2.81. The fraction of sp³-hybridized carbons (Fsp3) is 0.929. The first-order valence-corrected chi connectivity index (χ1v) is 10.6. The highest BCUT2D eigenvalue weighted by Gasteiger charge is 2.51. The smallest absolute Gasteiger partial charge is 0.247 e. The van der Waals surface area contributed by atoms with Gasteiger partial charge in [0.2, 0.25) is 5.91 Å². The molecule has 7 heteroatoms. The van der Waals surface area contributed by atoms with Crippen LogP contribution in [0.1, 0.15) is 40.0 Å². The first kappa shape index (κ1) is 17.6. The van der Waals surface area contributed by atoms with E-state index in [4.69, 9.17) is 0 Å². The van der Waals surface area contributed by atoms with Gasteiger partial charge in [0.05, 0.1) is 21.8 Å². The predicted molar refractivity (Wildman–Crippen MR) is 93.9 cm³/mol. The summed E-state index contributed by atoms with van der Waals surface area (Å²) >= 11 is 3.41. The van der Waals surface area contributed by atoms with Gasteiger partial charge in [-0.2, -0.15) is 0 Å². The second-order valence-corrected chi connectivity index (χ2v) is 11.6. The Labute approximate surface area is 138 Å². The molecular weight excluding hydrogens is 324 g/mol. The number of carbonyl (C=O) groups excluding carboxylic acids is 1. The number of nitrogens with one attached hydrogen (secondary N) is 2. The Hall–Kier alpha value is 0.280. The molecule has 2 rings (SSSR count). The topological polar surface area (TPSA) is 58.2 Å². The van der Waals surface area contributed by atoms with Crippen molar-refractivity contribution in [2.75, 3.05) is 18.6 Å². The maximum Gasteiger partial charge on any atom is 0.247 e. The van der Waals surface area contributed by atoms with Gasteiger partial charge in [-0.25, -0.2) is 8.93 Å². The highest BCUT2D eigenvalue weighted by atomic mass is 32.2. The van der Waals surface area contributed by atoms with Crippen LogP contribution >= 0.6 is 23.5 Å². The largest absolute Gasteiger partial charge is 0.357 e. The van der Waals surface area contributed by atoms with E-state index in [1.165, 1.54) is 12.8 Å². The Morgan fingerprint density at radius 2 is 1.90 bits per heavy atom. The van der Waals surface area contributed by atoms with Crippen molar-refractivity contribution in [2.24, 2.45) is 5.92 Å². The lowest BCUT2D eigenvalue weighted by molar-refractivity contribution is -0.121. The monoisotopic (exact) mass is 350 g/mol. The first-order chi connectivity index (χ1) is 9.79. The molecular formula is C14H26N2O2S3. The molecule has 1 heterocycles. The highest BCUT2D eigenvalue weighted by Crippen LogP contribution is 2.50. The van der Waals surface area contributed by atoms with Gasteiger partial charge in [-0.05, 0) is 33.1 Å². The van der Waals surface area contributed by atoms with Gasteiger partial charge in [0.25, 0.3) is 0 Å². The van der Waals surface area contributed by atoms with Crippen molar-refractivity contribution in [1.29, 1.82) is 0 Å². The number of amides is 1. The second-order valence-electron chi connectivity index (χ2n) is 6.67. The molecule has 1 aliphatic carbocycles. The number of rotatable bonds is 6. The van der Waals surface area contributed by atoms with Crippen LogP contribution in [0.4, 0.5) is 0 Å². The van der Waals surface area contributed by atoms with E-state index in [2.05, 4.69) is 10.0 Å². The minimum absolute atomic E-state index is 0.0393. The van der Waals surface area contributed by atoms with E-state index >= 15 is 0 Å². The van der Waals surface area contributed by atoms with Crippen LogP contribution in [0.2, 0.25) is 0 Å². The lowest BCUT2D eigenvalue weighted by Crippen LogP contribution is -2.56. The predicted octanol–water partition coefficient (Wildman–Crippen LogP) is 2.13. The van der Waals surface area contributed by atoms with E-state index in [1.54, 1.807) is 30.6 Å². The quantitative estimate of drug-likeness (QED) is 0.770. The lowest BCUT2D eigenvalue weighted by Gasteiger charge is -2.36. The Morgan fingerprint density at radius 1 is 1.33 bits per heavy atom. The van der Waals surface area contributed by atoms with Crippen LogP contribution in [-0.4, -0.2) is 43.5 Å². The van der Waals surface area contributed by atoms with Crippen molar-refractivity contribution < 1.29 is 9.00 Å². The van der Waals surface area contributed by atoms with E-state index in [-0.39, 0.29) is 16.7 Å². The van der Waals surface area contributed by atoms with Crippen molar-refractivity contribution >= 4 is 40.4 Å². The molecule has 0 aromatic carbocycles. The summed E-state index contributed by atoms with van der Waals surface area (Å²) in [6, 6.07) is -0.0393. The molecule has 1 amide bonds. The molecule has 122 valence electrons. The van der Waals surface area contributed by atoms with E-state index in [0.29, 0.717) is 5.92 Å². The molecule has 0 radical (unpaired) electrons. The highest BCUT2D eigenvalue weighted by molar-refractivity contribution is 8.22. The van der Waals surface area contributed by atoms with Crippen molar-refractivity contribution in [3.63, 3.8) is 0 Å². The van der Waals surface area contributed by atoms with Crippen molar-refractivity contribution in [3.8, 4) is 0 Å². The molecule has 4 nitrogen and oxygen atoms in total. The molecule has 2 fully saturated rings. The average Bonchev–Trinajstić information content (AvgIpc) is 3.09. The fourth-order valence-corrected chi connectivity index (χ4v) is 6.69. The fourth-order valence-electron chi connectivity index (χ4n) is 2.37. The number of thioether (sulfide) groups is 2. The van der Waals surface area contributed by atoms with Gasteiger partial charge in [0.1, 0.15) is 0 Å². The van der Waals surface area contributed by atoms with E-state index in [9.17, 15) is 9.00 Å². The number of hydrogen-bond acceptors (Lipinski definition) is 4. The van der Waals surface area contributed by atoms with Gasteiger partial charge in [-0.15, -0.1) is 23.5 Å². The molecule has 1 saturated carbocycles. The number of hydrogen-bond donors (Lipinski definition) is 2. The molecule has 0 spiro atoms. The van der Waals surface area contributed by atoms with Gasteiger partial charge in [-0.1, -0.05) is 12.8 Å². The lowest BCUT2D eigenvalue weighted by atomic mass is 10.1.